The van der Waals surface area contributed by atoms with Crippen molar-refractivity contribution in [2.75, 3.05) is 44.3 Å². The Morgan fingerprint density at radius 1 is 1.14 bits per heavy atom. The zero-order valence-electron chi connectivity index (χ0n) is 16.4. The van der Waals surface area contributed by atoms with Crippen LogP contribution in [0.25, 0.3) is 22.4 Å². The molecule has 0 unspecified atom stereocenters. The van der Waals surface area contributed by atoms with Crippen LogP contribution in [0, 0.1) is 0 Å². The van der Waals surface area contributed by atoms with Crippen molar-refractivity contribution in [3.8, 4) is 11.4 Å². The van der Waals surface area contributed by atoms with E-state index in [0.29, 0.717) is 25.1 Å². The van der Waals surface area contributed by atoms with E-state index in [4.69, 9.17) is 19.8 Å². The number of aliphatic hydroxyl groups excluding tert-OH is 1. The highest BCUT2D eigenvalue weighted by Crippen LogP contribution is 2.31. The summed E-state index contributed by atoms with van der Waals surface area (Å²) in [4.78, 5) is 12.1. The summed E-state index contributed by atoms with van der Waals surface area (Å²) >= 11 is 0. The minimum atomic E-state index is -0.000583. The minimum absolute atomic E-state index is 0.000583. The van der Waals surface area contributed by atoms with E-state index >= 15 is 0 Å². The molecule has 0 spiro atoms. The molecule has 1 aromatic carbocycles. The minimum Gasteiger partial charge on any atom is -0.392 e. The van der Waals surface area contributed by atoms with Crippen molar-refractivity contribution in [1.29, 1.82) is 0 Å². The van der Waals surface area contributed by atoms with Crippen molar-refractivity contribution in [2.45, 2.75) is 25.5 Å². The summed E-state index contributed by atoms with van der Waals surface area (Å²) in [5, 5.41) is 18.7. The van der Waals surface area contributed by atoms with Gasteiger partial charge in [-0.2, -0.15) is 5.10 Å². The Kier molecular flexibility index (Phi) is 5.13. The molecule has 8 heteroatoms. The number of nitrogens with one attached hydrogen (secondary N) is 1. The Bertz CT molecular complexity index is 992. The molecule has 2 aliphatic heterocycles. The number of morpholine rings is 1. The van der Waals surface area contributed by atoms with Crippen LogP contribution in [0.15, 0.2) is 30.5 Å². The molecule has 2 saturated heterocycles. The molecule has 2 aliphatic rings. The SMILES string of the molecule is OCc1cccc(-c2nc(N3CCOCC3)c3cnn(C4CCNCC4)c3n2)c1. The third-order valence-electron chi connectivity index (χ3n) is 5.77. The van der Waals surface area contributed by atoms with Gasteiger partial charge < -0.3 is 20.1 Å². The third-order valence-corrected chi connectivity index (χ3v) is 5.77. The van der Waals surface area contributed by atoms with Gasteiger partial charge in [-0.1, -0.05) is 18.2 Å². The molecule has 5 rings (SSSR count). The van der Waals surface area contributed by atoms with Crippen LogP contribution in [0.1, 0.15) is 24.4 Å². The maximum Gasteiger partial charge on any atom is 0.164 e. The van der Waals surface area contributed by atoms with Gasteiger partial charge in [-0.15, -0.1) is 0 Å². The highest BCUT2D eigenvalue weighted by molar-refractivity contribution is 5.89. The van der Waals surface area contributed by atoms with Crippen LogP contribution < -0.4 is 10.2 Å². The van der Waals surface area contributed by atoms with Crippen LogP contribution >= 0.6 is 0 Å². The normalized spacial score (nSPS) is 18.4. The molecule has 2 aromatic heterocycles. The van der Waals surface area contributed by atoms with Gasteiger partial charge in [-0.25, -0.2) is 14.6 Å². The Morgan fingerprint density at radius 2 is 1.97 bits per heavy atom. The number of fused-ring (bicyclic) bond motifs is 1. The van der Waals surface area contributed by atoms with Crippen LogP contribution in [0.5, 0.6) is 0 Å². The molecular formula is C21H26N6O2. The first-order chi connectivity index (χ1) is 14.3. The average Bonchev–Trinajstić information content (AvgIpc) is 3.24. The molecule has 152 valence electrons. The number of ether oxygens (including phenoxy) is 1. The number of anilines is 1. The second-order valence-corrected chi connectivity index (χ2v) is 7.64. The second kappa shape index (κ2) is 8.06. The topological polar surface area (TPSA) is 88.3 Å². The first-order valence-electron chi connectivity index (χ1n) is 10.3. The first kappa shape index (κ1) is 18.5. The highest BCUT2D eigenvalue weighted by atomic mass is 16.5. The number of aliphatic hydroxyl groups is 1. The molecule has 0 saturated carbocycles. The summed E-state index contributed by atoms with van der Waals surface area (Å²) in [6.07, 6.45) is 4.00. The van der Waals surface area contributed by atoms with Crippen LogP contribution in [-0.2, 0) is 11.3 Å². The van der Waals surface area contributed by atoms with Crippen molar-refractivity contribution < 1.29 is 9.84 Å². The zero-order chi connectivity index (χ0) is 19.6. The lowest BCUT2D eigenvalue weighted by molar-refractivity contribution is 0.122. The van der Waals surface area contributed by atoms with Crippen molar-refractivity contribution in [2.24, 2.45) is 0 Å². The molecule has 2 fully saturated rings. The second-order valence-electron chi connectivity index (χ2n) is 7.64. The number of hydrogen-bond donors (Lipinski definition) is 2. The van der Waals surface area contributed by atoms with Crippen molar-refractivity contribution >= 4 is 16.9 Å². The summed E-state index contributed by atoms with van der Waals surface area (Å²) in [5.41, 5.74) is 2.65. The van der Waals surface area contributed by atoms with Gasteiger partial charge in [0.2, 0.25) is 0 Å². The van der Waals surface area contributed by atoms with Gasteiger partial charge in [-0.3, -0.25) is 0 Å². The van der Waals surface area contributed by atoms with Crippen LogP contribution in [0.3, 0.4) is 0 Å². The van der Waals surface area contributed by atoms with E-state index in [-0.39, 0.29) is 6.61 Å². The summed E-state index contributed by atoms with van der Waals surface area (Å²) in [7, 11) is 0. The largest absolute Gasteiger partial charge is 0.392 e. The number of benzene rings is 1. The molecule has 29 heavy (non-hydrogen) atoms. The van der Waals surface area contributed by atoms with Crippen molar-refractivity contribution in [1.82, 2.24) is 25.1 Å². The standard InChI is InChI=1S/C21H26N6O2/c28-14-15-2-1-3-16(12-15)19-24-20(26-8-10-29-11-9-26)18-13-23-27(21(18)25-19)17-4-6-22-7-5-17/h1-3,12-13,17,22,28H,4-11,14H2. The Hall–Kier alpha value is -2.55. The summed E-state index contributed by atoms with van der Waals surface area (Å²) < 4.78 is 7.62. The van der Waals surface area contributed by atoms with Gasteiger partial charge in [0.1, 0.15) is 5.82 Å². The zero-order valence-corrected chi connectivity index (χ0v) is 16.4. The molecule has 0 bridgehead atoms. The predicted octanol–water partition coefficient (Wildman–Crippen LogP) is 1.75. The fourth-order valence-corrected chi connectivity index (χ4v) is 4.18. The van der Waals surface area contributed by atoms with E-state index in [2.05, 4.69) is 14.9 Å². The van der Waals surface area contributed by atoms with Crippen LogP contribution in [0.4, 0.5) is 5.82 Å². The predicted molar refractivity (Wildman–Crippen MR) is 111 cm³/mol. The van der Waals surface area contributed by atoms with E-state index in [0.717, 1.165) is 67.0 Å². The number of piperidine rings is 1. The number of aromatic nitrogens is 4. The summed E-state index contributed by atoms with van der Waals surface area (Å²) in [6, 6.07) is 8.14. The fraction of sp³-hybridized carbons (Fsp3) is 0.476. The first-order valence-corrected chi connectivity index (χ1v) is 10.3. The smallest absolute Gasteiger partial charge is 0.164 e. The molecule has 2 N–H and O–H groups in total. The molecule has 0 radical (unpaired) electrons. The van der Waals surface area contributed by atoms with E-state index in [9.17, 15) is 5.11 Å². The highest BCUT2D eigenvalue weighted by Gasteiger charge is 2.24. The maximum atomic E-state index is 9.54. The molecule has 8 nitrogen and oxygen atoms in total. The number of hydrogen-bond acceptors (Lipinski definition) is 7. The van der Waals surface area contributed by atoms with E-state index in [1.807, 2.05) is 30.5 Å². The van der Waals surface area contributed by atoms with Crippen molar-refractivity contribution in [3.63, 3.8) is 0 Å². The lowest BCUT2D eigenvalue weighted by atomic mass is 10.1. The Labute approximate surface area is 169 Å². The van der Waals surface area contributed by atoms with Gasteiger partial charge in [0.25, 0.3) is 0 Å². The molecule has 4 heterocycles. The van der Waals surface area contributed by atoms with Gasteiger partial charge in [0.05, 0.1) is 37.4 Å². The maximum absolute atomic E-state index is 9.54. The lowest BCUT2D eigenvalue weighted by Gasteiger charge is -2.28. The third kappa shape index (κ3) is 3.59. The molecule has 0 atom stereocenters. The average molecular weight is 394 g/mol. The van der Waals surface area contributed by atoms with Gasteiger partial charge in [0, 0.05) is 18.7 Å². The molecule has 0 aliphatic carbocycles. The lowest BCUT2D eigenvalue weighted by Crippen LogP contribution is -2.37. The molecule has 0 amide bonds. The molecular weight excluding hydrogens is 368 g/mol. The number of rotatable bonds is 4. The van der Waals surface area contributed by atoms with Crippen LogP contribution in [0.2, 0.25) is 0 Å². The van der Waals surface area contributed by atoms with E-state index in [1.165, 1.54) is 0 Å². The summed E-state index contributed by atoms with van der Waals surface area (Å²) in [6.45, 7) is 5.01. The quantitative estimate of drug-likeness (QED) is 0.697. The fourth-order valence-electron chi connectivity index (χ4n) is 4.18. The van der Waals surface area contributed by atoms with Gasteiger partial charge in [0.15, 0.2) is 11.5 Å². The van der Waals surface area contributed by atoms with E-state index in [1.54, 1.807) is 0 Å². The van der Waals surface area contributed by atoms with E-state index < -0.39 is 0 Å². The van der Waals surface area contributed by atoms with Gasteiger partial charge in [-0.05, 0) is 37.6 Å². The monoisotopic (exact) mass is 394 g/mol. The Morgan fingerprint density at radius 3 is 2.76 bits per heavy atom. The van der Waals surface area contributed by atoms with Crippen molar-refractivity contribution in [3.05, 3.63) is 36.0 Å². The Balaban J connectivity index is 1.65. The van der Waals surface area contributed by atoms with Crippen LogP contribution in [-0.4, -0.2) is 64.2 Å². The molecule has 3 aromatic rings. The summed E-state index contributed by atoms with van der Waals surface area (Å²) in [5.74, 6) is 1.59. The van der Waals surface area contributed by atoms with Gasteiger partial charge >= 0.3 is 0 Å². The number of nitrogens with zero attached hydrogens (tertiary/aromatic N) is 5.